The molecule has 1 heterocycles. The van der Waals surface area contributed by atoms with Crippen LogP contribution in [-0.2, 0) is 11.4 Å². The summed E-state index contributed by atoms with van der Waals surface area (Å²) in [4.78, 5) is 31.0. The fourth-order valence-corrected chi connectivity index (χ4v) is 3.95. The molecule has 0 aliphatic rings. The van der Waals surface area contributed by atoms with E-state index in [9.17, 15) is 14.9 Å². The first-order valence-electron chi connectivity index (χ1n) is 11.6. The number of fused-ring (bicyclic) bond motifs is 1. The molecule has 0 saturated heterocycles. The number of carboxylic acids is 1. The van der Waals surface area contributed by atoms with Crippen LogP contribution >= 0.6 is 0 Å². The second kappa shape index (κ2) is 10.8. The molecule has 0 amide bonds. The zero-order valence-corrected chi connectivity index (χ0v) is 20.0. The Hall–Kier alpha value is -5.31. The molecule has 0 aliphatic heterocycles. The lowest BCUT2D eigenvalue weighted by Gasteiger charge is -2.11. The first-order valence-corrected chi connectivity index (χ1v) is 11.6. The zero-order valence-electron chi connectivity index (χ0n) is 20.0. The third-order valence-electron chi connectivity index (χ3n) is 5.77. The SMILES string of the molecule is O=C(O)COc1cc(-c2ccccc2)nc(-c2ccc3cc(OCc4ccccc4[N+](=O)[O-])ccc3c2)n1. The van der Waals surface area contributed by atoms with Gasteiger partial charge in [-0.15, -0.1) is 0 Å². The molecule has 0 spiro atoms. The molecular weight excluding hydrogens is 486 g/mol. The van der Waals surface area contributed by atoms with Crippen LogP contribution in [0.25, 0.3) is 33.4 Å². The number of ether oxygens (including phenoxy) is 2. The Labute approximate surface area is 217 Å². The van der Waals surface area contributed by atoms with Crippen molar-refractivity contribution in [2.75, 3.05) is 6.61 Å². The highest BCUT2D eigenvalue weighted by Crippen LogP contribution is 2.29. The normalized spacial score (nSPS) is 10.7. The Kier molecular flexibility index (Phi) is 6.90. The molecular formula is C29H21N3O6. The van der Waals surface area contributed by atoms with Crippen LogP contribution in [0.3, 0.4) is 0 Å². The number of nitrogens with zero attached hydrogens (tertiary/aromatic N) is 3. The molecule has 188 valence electrons. The average molecular weight is 508 g/mol. The van der Waals surface area contributed by atoms with Crippen molar-refractivity contribution in [3.8, 4) is 34.3 Å². The van der Waals surface area contributed by atoms with Gasteiger partial charge in [0.15, 0.2) is 12.4 Å². The maximum Gasteiger partial charge on any atom is 0.341 e. The van der Waals surface area contributed by atoms with Crippen molar-refractivity contribution in [1.82, 2.24) is 9.97 Å². The minimum Gasteiger partial charge on any atom is -0.489 e. The van der Waals surface area contributed by atoms with Crippen LogP contribution in [0.1, 0.15) is 5.56 Å². The van der Waals surface area contributed by atoms with E-state index in [0.717, 1.165) is 21.9 Å². The smallest absolute Gasteiger partial charge is 0.341 e. The number of nitro groups is 1. The Morgan fingerprint density at radius 2 is 1.55 bits per heavy atom. The number of nitro benzene ring substituents is 1. The zero-order chi connectivity index (χ0) is 26.5. The predicted molar refractivity (Wildman–Crippen MR) is 141 cm³/mol. The van der Waals surface area contributed by atoms with Crippen LogP contribution in [0.4, 0.5) is 5.69 Å². The van der Waals surface area contributed by atoms with Crippen LogP contribution in [0.5, 0.6) is 11.6 Å². The van der Waals surface area contributed by atoms with Gasteiger partial charge in [-0.25, -0.2) is 9.78 Å². The van der Waals surface area contributed by atoms with Crippen molar-refractivity contribution in [3.05, 3.63) is 113 Å². The van der Waals surface area contributed by atoms with Gasteiger partial charge in [0.2, 0.25) is 5.88 Å². The summed E-state index contributed by atoms with van der Waals surface area (Å²) in [6.45, 7) is -0.447. The van der Waals surface area contributed by atoms with Gasteiger partial charge in [-0.05, 0) is 35.0 Å². The van der Waals surface area contributed by atoms with E-state index < -0.39 is 17.5 Å². The highest BCUT2D eigenvalue weighted by atomic mass is 16.6. The van der Waals surface area contributed by atoms with E-state index in [1.807, 2.05) is 60.7 Å². The lowest BCUT2D eigenvalue weighted by atomic mass is 10.1. The van der Waals surface area contributed by atoms with E-state index in [1.165, 1.54) is 6.07 Å². The van der Waals surface area contributed by atoms with Crippen LogP contribution in [-0.4, -0.2) is 32.6 Å². The summed E-state index contributed by atoms with van der Waals surface area (Å²) in [7, 11) is 0. The molecule has 0 atom stereocenters. The minimum absolute atomic E-state index is 0.0161. The third-order valence-corrected chi connectivity index (χ3v) is 5.77. The van der Waals surface area contributed by atoms with Gasteiger partial charge in [-0.3, -0.25) is 10.1 Å². The van der Waals surface area contributed by atoms with E-state index in [2.05, 4.69) is 4.98 Å². The fraction of sp³-hybridized carbons (Fsp3) is 0.0690. The molecule has 0 bridgehead atoms. The minimum atomic E-state index is -1.10. The van der Waals surface area contributed by atoms with Crippen LogP contribution < -0.4 is 9.47 Å². The molecule has 0 aliphatic carbocycles. The largest absolute Gasteiger partial charge is 0.489 e. The first kappa shape index (κ1) is 24.4. The van der Waals surface area contributed by atoms with Crippen molar-refractivity contribution < 1.29 is 24.3 Å². The lowest BCUT2D eigenvalue weighted by molar-refractivity contribution is -0.385. The Morgan fingerprint density at radius 1 is 0.816 bits per heavy atom. The molecule has 1 aromatic heterocycles. The number of para-hydroxylation sites is 1. The van der Waals surface area contributed by atoms with Crippen LogP contribution in [0, 0.1) is 10.1 Å². The van der Waals surface area contributed by atoms with Gasteiger partial charge in [0.25, 0.3) is 5.69 Å². The van der Waals surface area contributed by atoms with Gasteiger partial charge in [0, 0.05) is 23.3 Å². The summed E-state index contributed by atoms with van der Waals surface area (Å²) < 4.78 is 11.2. The number of carbonyl (C=O) groups is 1. The maximum absolute atomic E-state index is 11.3. The van der Waals surface area contributed by atoms with Crippen LogP contribution in [0.2, 0.25) is 0 Å². The highest BCUT2D eigenvalue weighted by molar-refractivity contribution is 5.87. The van der Waals surface area contributed by atoms with Gasteiger partial charge < -0.3 is 14.6 Å². The van der Waals surface area contributed by atoms with Gasteiger partial charge in [-0.1, -0.05) is 60.7 Å². The summed E-state index contributed by atoms with van der Waals surface area (Å²) >= 11 is 0. The van der Waals surface area contributed by atoms with Crippen molar-refractivity contribution >= 4 is 22.4 Å². The number of carboxylic acid groups (broad SMARTS) is 1. The molecule has 0 radical (unpaired) electrons. The van der Waals surface area contributed by atoms with Crippen molar-refractivity contribution in [1.29, 1.82) is 0 Å². The topological polar surface area (TPSA) is 125 Å². The summed E-state index contributed by atoms with van der Waals surface area (Å²) in [5.74, 6) is 0.0348. The second-order valence-electron chi connectivity index (χ2n) is 8.36. The predicted octanol–water partition coefficient (Wildman–Crippen LogP) is 5.91. The van der Waals surface area contributed by atoms with Gasteiger partial charge >= 0.3 is 5.97 Å². The molecule has 5 aromatic rings. The monoisotopic (exact) mass is 507 g/mol. The Bertz CT molecular complexity index is 1640. The molecule has 0 fully saturated rings. The number of benzene rings is 4. The number of hydrogen-bond donors (Lipinski definition) is 1. The van der Waals surface area contributed by atoms with Gasteiger partial charge in [0.1, 0.15) is 12.4 Å². The van der Waals surface area contributed by atoms with E-state index in [-0.39, 0.29) is 18.2 Å². The van der Waals surface area contributed by atoms with Gasteiger partial charge in [-0.2, -0.15) is 4.98 Å². The summed E-state index contributed by atoms with van der Waals surface area (Å²) in [5, 5.41) is 22.1. The quantitative estimate of drug-likeness (QED) is 0.193. The number of aromatic nitrogens is 2. The highest BCUT2D eigenvalue weighted by Gasteiger charge is 2.14. The number of aliphatic carboxylic acids is 1. The maximum atomic E-state index is 11.3. The van der Waals surface area contributed by atoms with E-state index in [0.29, 0.717) is 22.8 Å². The van der Waals surface area contributed by atoms with Crippen molar-refractivity contribution in [2.24, 2.45) is 0 Å². The molecule has 4 aromatic carbocycles. The number of hydrogen-bond acceptors (Lipinski definition) is 7. The van der Waals surface area contributed by atoms with Crippen LogP contribution in [0.15, 0.2) is 97.1 Å². The summed E-state index contributed by atoms with van der Waals surface area (Å²) in [6, 6.07) is 28.8. The van der Waals surface area contributed by atoms with Gasteiger partial charge in [0.05, 0.1) is 16.2 Å². The lowest BCUT2D eigenvalue weighted by Crippen LogP contribution is -2.11. The Balaban J connectivity index is 1.43. The molecule has 0 unspecified atom stereocenters. The summed E-state index contributed by atoms with van der Waals surface area (Å²) in [6.07, 6.45) is 0. The number of rotatable bonds is 9. The molecule has 9 nitrogen and oxygen atoms in total. The van der Waals surface area contributed by atoms with Crippen molar-refractivity contribution in [3.63, 3.8) is 0 Å². The van der Waals surface area contributed by atoms with E-state index in [1.54, 1.807) is 30.3 Å². The molecule has 0 saturated carbocycles. The third kappa shape index (κ3) is 5.57. The van der Waals surface area contributed by atoms with E-state index >= 15 is 0 Å². The van der Waals surface area contributed by atoms with E-state index in [4.69, 9.17) is 19.6 Å². The fourth-order valence-electron chi connectivity index (χ4n) is 3.95. The molecule has 9 heteroatoms. The second-order valence-corrected chi connectivity index (χ2v) is 8.36. The first-order chi connectivity index (χ1) is 18.5. The average Bonchev–Trinajstić information content (AvgIpc) is 2.95. The Morgan fingerprint density at radius 3 is 2.34 bits per heavy atom. The van der Waals surface area contributed by atoms with Crippen molar-refractivity contribution in [2.45, 2.75) is 6.61 Å². The summed E-state index contributed by atoms with van der Waals surface area (Å²) in [5.41, 5.74) is 2.68. The molecule has 1 N–H and O–H groups in total. The molecule has 38 heavy (non-hydrogen) atoms. The standard InChI is InChI=1S/C29H21N3O6/c33-28(34)18-38-27-16-25(19-6-2-1-3-7-19)30-29(31-27)22-11-10-21-15-24(13-12-20(21)14-22)37-17-23-8-4-5-9-26(23)32(35)36/h1-16H,17-18H2,(H,33,34). The molecule has 5 rings (SSSR count).